The second-order valence-corrected chi connectivity index (χ2v) is 12.9. The van der Waals surface area contributed by atoms with Gasteiger partial charge in [-0.05, 0) is 88.8 Å². The van der Waals surface area contributed by atoms with Crippen molar-refractivity contribution in [3.05, 3.63) is 29.3 Å². The van der Waals surface area contributed by atoms with Gasteiger partial charge >= 0.3 is 6.18 Å². The van der Waals surface area contributed by atoms with Crippen molar-refractivity contribution in [3.63, 3.8) is 0 Å². The highest BCUT2D eigenvalue weighted by Gasteiger charge is 2.62. The molecule has 3 N–H and O–H groups in total. The van der Waals surface area contributed by atoms with Gasteiger partial charge in [-0.3, -0.25) is 19.7 Å². The molecule has 1 atom stereocenters. The normalized spacial score (nSPS) is 29.8. The first kappa shape index (κ1) is 27.5. The number of rotatable bonds is 10. The number of halogens is 3. The first-order valence-corrected chi connectivity index (χ1v) is 14.9. The molecule has 3 aliphatic carbocycles. The number of benzene rings is 1. The third-order valence-corrected chi connectivity index (χ3v) is 10.1. The van der Waals surface area contributed by atoms with Gasteiger partial charge in [-0.25, -0.2) is 0 Å². The summed E-state index contributed by atoms with van der Waals surface area (Å²) in [6, 6.07) is 5.26. The van der Waals surface area contributed by atoms with Crippen molar-refractivity contribution in [2.45, 2.75) is 114 Å². The van der Waals surface area contributed by atoms with Crippen LogP contribution in [0.4, 0.5) is 18.9 Å². The van der Waals surface area contributed by atoms with E-state index in [0.717, 1.165) is 55.7 Å². The summed E-state index contributed by atoms with van der Waals surface area (Å²) in [5.74, 6) is -0.123. The van der Waals surface area contributed by atoms with Gasteiger partial charge in [0.25, 0.3) is 5.91 Å². The van der Waals surface area contributed by atoms with Gasteiger partial charge in [0.15, 0.2) is 0 Å². The maximum atomic E-state index is 13.3. The Balaban J connectivity index is 1.12. The Morgan fingerprint density at radius 1 is 0.975 bits per heavy atom. The van der Waals surface area contributed by atoms with E-state index in [0.29, 0.717) is 25.1 Å². The van der Waals surface area contributed by atoms with Crippen molar-refractivity contribution in [1.82, 2.24) is 15.5 Å². The predicted molar refractivity (Wildman–Crippen MR) is 143 cm³/mol. The van der Waals surface area contributed by atoms with Crippen LogP contribution in [0.3, 0.4) is 0 Å². The summed E-state index contributed by atoms with van der Waals surface area (Å²) in [5.41, 5.74) is 0.816. The summed E-state index contributed by atoms with van der Waals surface area (Å²) >= 11 is 0. The lowest BCUT2D eigenvalue weighted by atomic mass is 9.75. The Morgan fingerprint density at radius 2 is 1.73 bits per heavy atom. The Morgan fingerprint density at radius 3 is 2.38 bits per heavy atom. The van der Waals surface area contributed by atoms with Crippen LogP contribution in [0.5, 0.6) is 0 Å². The van der Waals surface area contributed by atoms with Crippen LogP contribution in [0.15, 0.2) is 18.2 Å². The Bertz CT molecular complexity index is 1170. The molecule has 5 aliphatic rings. The van der Waals surface area contributed by atoms with E-state index in [1.54, 1.807) is 11.0 Å². The molecule has 7 nitrogen and oxygen atoms in total. The molecule has 40 heavy (non-hydrogen) atoms. The topological polar surface area (TPSA) is 90.5 Å². The molecule has 0 spiro atoms. The van der Waals surface area contributed by atoms with Gasteiger partial charge in [-0.2, -0.15) is 13.2 Å². The summed E-state index contributed by atoms with van der Waals surface area (Å²) in [6.07, 6.45) is 5.45. The van der Waals surface area contributed by atoms with Crippen LogP contribution in [-0.2, 0) is 16.1 Å². The first-order chi connectivity index (χ1) is 19.1. The third kappa shape index (κ3) is 5.48. The predicted octanol–water partition coefficient (Wildman–Crippen LogP) is 5.05. The van der Waals surface area contributed by atoms with Crippen molar-refractivity contribution in [1.29, 1.82) is 0 Å². The molecule has 1 aromatic carbocycles. The minimum absolute atomic E-state index is 0.134. The molecule has 4 fully saturated rings. The minimum Gasteiger partial charge on any atom is -0.379 e. The van der Waals surface area contributed by atoms with Crippen LogP contribution in [0.1, 0.15) is 99.4 Å². The van der Waals surface area contributed by atoms with Gasteiger partial charge in [0.05, 0.1) is 5.41 Å². The number of anilines is 1. The van der Waals surface area contributed by atoms with E-state index in [9.17, 15) is 27.6 Å². The van der Waals surface area contributed by atoms with E-state index in [4.69, 9.17) is 0 Å². The standard InChI is InChI=1S/C30H39F3N4O3/c31-30(32,33)28(14-15-28)16-17-34-20-9-12-29(13-10-20,11-8-19-4-5-19)36-23-3-1-2-21-22(23)18-37(27(21)40)24-6-7-25(38)35-26(24)39/h1-3,19-20,24,34,36H,4-18H2,(H,35,38,39). The number of imide groups is 1. The van der Waals surface area contributed by atoms with Crippen molar-refractivity contribution in [2.24, 2.45) is 11.3 Å². The zero-order valence-corrected chi connectivity index (χ0v) is 22.9. The number of alkyl halides is 3. The summed E-state index contributed by atoms with van der Waals surface area (Å²) in [7, 11) is 0. The highest BCUT2D eigenvalue weighted by molar-refractivity contribution is 6.06. The molecule has 0 aromatic heterocycles. The molecule has 1 saturated heterocycles. The lowest BCUT2D eigenvalue weighted by Gasteiger charge is -2.43. The number of carbonyl (C=O) groups excluding carboxylic acids is 3. The molecule has 0 radical (unpaired) electrons. The molecular weight excluding hydrogens is 521 g/mol. The van der Waals surface area contributed by atoms with Crippen molar-refractivity contribution < 1.29 is 27.6 Å². The molecule has 3 amide bonds. The van der Waals surface area contributed by atoms with Gasteiger partial charge < -0.3 is 15.5 Å². The molecule has 3 saturated carbocycles. The van der Waals surface area contributed by atoms with Crippen molar-refractivity contribution in [2.75, 3.05) is 11.9 Å². The van der Waals surface area contributed by atoms with Crippen LogP contribution in [0, 0.1) is 11.3 Å². The lowest BCUT2D eigenvalue weighted by Crippen LogP contribution is -2.52. The number of hydrogen-bond donors (Lipinski definition) is 3. The van der Waals surface area contributed by atoms with E-state index in [2.05, 4.69) is 16.0 Å². The van der Waals surface area contributed by atoms with E-state index >= 15 is 0 Å². The maximum absolute atomic E-state index is 13.3. The number of piperidine rings is 1. The van der Waals surface area contributed by atoms with Crippen molar-refractivity contribution >= 4 is 23.4 Å². The maximum Gasteiger partial charge on any atom is 0.394 e. The van der Waals surface area contributed by atoms with Gasteiger partial charge in [0.2, 0.25) is 11.8 Å². The second kappa shape index (κ2) is 10.3. The largest absolute Gasteiger partial charge is 0.394 e. The zero-order valence-electron chi connectivity index (χ0n) is 22.9. The van der Waals surface area contributed by atoms with Crippen LogP contribution >= 0.6 is 0 Å². The van der Waals surface area contributed by atoms with Gasteiger partial charge in [0, 0.05) is 41.4 Å². The van der Waals surface area contributed by atoms with E-state index in [1.807, 2.05) is 12.1 Å². The second-order valence-electron chi connectivity index (χ2n) is 12.9. The fourth-order valence-corrected chi connectivity index (χ4v) is 7.03. The summed E-state index contributed by atoms with van der Waals surface area (Å²) < 4.78 is 39.9. The number of nitrogens with zero attached hydrogens (tertiary/aromatic N) is 1. The Labute approximate surface area is 233 Å². The number of hydrogen-bond acceptors (Lipinski definition) is 5. The van der Waals surface area contributed by atoms with E-state index < -0.39 is 23.5 Å². The smallest absolute Gasteiger partial charge is 0.379 e. The van der Waals surface area contributed by atoms with Crippen molar-refractivity contribution in [3.8, 4) is 0 Å². The summed E-state index contributed by atoms with van der Waals surface area (Å²) in [5, 5.41) is 9.65. The Kier molecular flexibility index (Phi) is 7.12. The molecule has 0 bridgehead atoms. The molecule has 218 valence electrons. The van der Waals surface area contributed by atoms with Crippen LogP contribution in [-0.4, -0.2) is 53.0 Å². The fraction of sp³-hybridized carbons (Fsp3) is 0.700. The monoisotopic (exact) mass is 560 g/mol. The number of amides is 3. The van der Waals surface area contributed by atoms with Crippen LogP contribution in [0.2, 0.25) is 0 Å². The molecular formula is C30H39F3N4O3. The summed E-state index contributed by atoms with van der Waals surface area (Å²) in [4.78, 5) is 39.0. The quantitative estimate of drug-likeness (QED) is 0.349. The van der Waals surface area contributed by atoms with E-state index in [-0.39, 0.29) is 49.1 Å². The molecule has 2 aliphatic heterocycles. The molecule has 1 aromatic rings. The van der Waals surface area contributed by atoms with Gasteiger partial charge in [-0.15, -0.1) is 0 Å². The molecule has 10 heteroatoms. The number of carbonyl (C=O) groups is 3. The summed E-state index contributed by atoms with van der Waals surface area (Å²) in [6.45, 7) is 0.727. The molecule has 6 rings (SSSR count). The average Bonchev–Trinajstić information content (AvgIpc) is 3.84. The van der Waals surface area contributed by atoms with Gasteiger partial charge in [-0.1, -0.05) is 18.9 Å². The van der Waals surface area contributed by atoms with Crippen LogP contribution < -0.4 is 16.0 Å². The Hall–Kier alpha value is -2.62. The van der Waals surface area contributed by atoms with Gasteiger partial charge in [0.1, 0.15) is 6.04 Å². The fourth-order valence-electron chi connectivity index (χ4n) is 7.03. The highest BCUT2D eigenvalue weighted by Crippen LogP contribution is 2.59. The lowest BCUT2D eigenvalue weighted by molar-refractivity contribution is -0.188. The SMILES string of the molecule is O=C1CCC(N2Cc3c(NC4(CCC5CC5)CCC(NCCC5(C(F)(F)F)CC5)CC4)cccc3C2=O)C(=O)N1. The van der Waals surface area contributed by atoms with Crippen LogP contribution in [0.25, 0.3) is 0 Å². The minimum atomic E-state index is -4.10. The highest BCUT2D eigenvalue weighted by atomic mass is 19.4. The number of nitrogens with one attached hydrogen (secondary N) is 3. The zero-order chi connectivity index (χ0) is 28.1. The number of fused-ring (bicyclic) bond motifs is 1. The first-order valence-electron chi connectivity index (χ1n) is 14.9. The average molecular weight is 561 g/mol. The molecule has 1 unspecified atom stereocenters. The molecule has 2 heterocycles. The van der Waals surface area contributed by atoms with E-state index in [1.165, 1.54) is 12.8 Å². The third-order valence-electron chi connectivity index (χ3n) is 10.1.